The maximum absolute atomic E-state index is 13.2. The lowest BCUT2D eigenvalue weighted by Gasteiger charge is -2.27. The van der Waals surface area contributed by atoms with E-state index in [2.05, 4.69) is 15.0 Å². The molecule has 6 nitrogen and oxygen atoms in total. The Bertz CT molecular complexity index is 1180. The fourth-order valence-corrected chi connectivity index (χ4v) is 4.04. The Kier molecular flexibility index (Phi) is 6.54. The number of rotatable bonds is 7. The van der Waals surface area contributed by atoms with Crippen LogP contribution in [0.15, 0.2) is 72.9 Å². The minimum absolute atomic E-state index is 0.0234. The van der Waals surface area contributed by atoms with Gasteiger partial charge in [-0.05, 0) is 41.5 Å². The summed E-state index contributed by atoms with van der Waals surface area (Å²) in [7, 11) is 0. The zero-order valence-corrected chi connectivity index (χ0v) is 18.3. The molecule has 0 radical (unpaired) electrons. The third-order valence-corrected chi connectivity index (χ3v) is 5.57. The smallest absolute Gasteiger partial charge is 0.406 e. The zero-order valence-electron chi connectivity index (χ0n) is 18.3. The van der Waals surface area contributed by atoms with Gasteiger partial charge in [0.25, 0.3) is 5.91 Å². The quantitative estimate of drug-likeness (QED) is 0.549. The number of halogens is 3. The fraction of sp³-hybridized carbons (Fsp3) is 0.240. The average molecular weight is 469 g/mol. The maximum Gasteiger partial charge on any atom is 0.573 e. The number of carbonyl (C=O) groups excluding carboxylic acids is 2. The number of aromatic nitrogens is 1. The van der Waals surface area contributed by atoms with Gasteiger partial charge in [0, 0.05) is 36.5 Å². The van der Waals surface area contributed by atoms with Crippen molar-refractivity contribution < 1.29 is 27.5 Å². The molecule has 2 aromatic carbocycles. The van der Waals surface area contributed by atoms with Gasteiger partial charge in [0.1, 0.15) is 11.8 Å². The van der Waals surface area contributed by atoms with Crippen LogP contribution in [0.25, 0.3) is 0 Å². The summed E-state index contributed by atoms with van der Waals surface area (Å²) in [6, 6.07) is 17.0. The van der Waals surface area contributed by atoms with Crippen molar-refractivity contribution >= 4 is 11.8 Å². The third kappa shape index (κ3) is 5.19. The van der Waals surface area contributed by atoms with Crippen LogP contribution in [0.3, 0.4) is 0 Å². The molecular formula is C25H22F3N3O3. The molecule has 1 N–H and O–H groups in total. The van der Waals surface area contributed by atoms with Crippen LogP contribution in [-0.2, 0) is 11.3 Å². The highest BCUT2D eigenvalue weighted by Gasteiger charge is 2.41. The first-order valence-electron chi connectivity index (χ1n) is 10.7. The largest absolute Gasteiger partial charge is 0.573 e. The summed E-state index contributed by atoms with van der Waals surface area (Å²) >= 11 is 0. The van der Waals surface area contributed by atoms with Crippen LogP contribution >= 0.6 is 0 Å². The van der Waals surface area contributed by atoms with Gasteiger partial charge in [0.05, 0.1) is 0 Å². The van der Waals surface area contributed by atoms with E-state index in [4.69, 9.17) is 0 Å². The molecule has 1 aliphatic heterocycles. The number of alkyl halides is 3. The second-order valence-electron chi connectivity index (χ2n) is 8.02. The van der Waals surface area contributed by atoms with Gasteiger partial charge in [0.15, 0.2) is 0 Å². The van der Waals surface area contributed by atoms with E-state index in [0.717, 1.165) is 5.69 Å². The fourth-order valence-electron chi connectivity index (χ4n) is 4.04. The van der Waals surface area contributed by atoms with Crippen molar-refractivity contribution in [1.82, 2.24) is 15.2 Å². The van der Waals surface area contributed by atoms with Crippen molar-refractivity contribution in [1.29, 1.82) is 0 Å². The Balaban J connectivity index is 1.52. The molecule has 0 aliphatic carbocycles. The number of fused-ring (bicyclic) bond motifs is 1. The lowest BCUT2D eigenvalue weighted by molar-refractivity contribution is -0.274. The molecule has 0 spiro atoms. The Hall–Kier alpha value is -3.88. The number of hydrogen-bond donors (Lipinski definition) is 1. The molecule has 1 aromatic heterocycles. The second kappa shape index (κ2) is 9.54. The van der Waals surface area contributed by atoms with Crippen LogP contribution in [0.4, 0.5) is 13.2 Å². The normalized spacial score (nSPS) is 16.2. The van der Waals surface area contributed by atoms with Gasteiger partial charge in [-0.25, -0.2) is 0 Å². The number of nitrogens with zero attached hydrogens (tertiary/aromatic N) is 2. The van der Waals surface area contributed by atoms with E-state index in [-0.39, 0.29) is 30.7 Å². The molecule has 4 rings (SSSR count). The van der Waals surface area contributed by atoms with E-state index in [1.165, 1.54) is 23.1 Å². The summed E-state index contributed by atoms with van der Waals surface area (Å²) in [4.78, 5) is 32.2. The van der Waals surface area contributed by atoms with Crippen LogP contribution in [0.2, 0.25) is 0 Å². The average Bonchev–Trinajstić information content (AvgIpc) is 3.09. The minimum Gasteiger partial charge on any atom is -0.406 e. The Morgan fingerprint density at radius 2 is 1.88 bits per heavy atom. The summed E-state index contributed by atoms with van der Waals surface area (Å²) in [6.07, 6.45) is -3.13. The number of ether oxygens (including phenoxy) is 1. The van der Waals surface area contributed by atoms with Crippen molar-refractivity contribution in [2.24, 2.45) is 0 Å². The molecule has 0 saturated heterocycles. The molecule has 0 saturated carbocycles. The van der Waals surface area contributed by atoms with E-state index in [9.17, 15) is 22.8 Å². The summed E-state index contributed by atoms with van der Waals surface area (Å²) < 4.78 is 41.5. The molecule has 1 aliphatic rings. The SMILES string of the molecule is CC(CN1C(=O)c2ccccc2C1C(=O)NCc1cccc(OC(F)(F)F)c1)c1ccccn1. The van der Waals surface area contributed by atoms with Gasteiger partial charge < -0.3 is 15.0 Å². The molecular weight excluding hydrogens is 447 g/mol. The van der Waals surface area contributed by atoms with Crippen LogP contribution in [0, 0.1) is 0 Å². The first-order valence-corrected chi connectivity index (χ1v) is 10.7. The summed E-state index contributed by atoms with van der Waals surface area (Å²) in [5.41, 5.74) is 2.27. The van der Waals surface area contributed by atoms with Gasteiger partial charge in [0.2, 0.25) is 5.91 Å². The Morgan fingerprint density at radius 1 is 1.12 bits per heavy atom. The molecule has 2 atom stereocenters. The van der Waals surface area contributed by atoms with Gasteiger partial charge in [-0.3, -0.25) is 14.6 Å². The predicted molar refractivity (Wildman–Crippen MR) is 118 cm³/mol. The lowest BCUT2D eigenvalue weighted by atomic mass is 10.0. The van der Waals surface area contributed by atoms with Crippen molar-refractivity contribution in [2.45, 2.75) is 31.8 Å². The second-order valence-corrected chi connectivity index (χ2v) is 8.02. The number of amides is 2. The first kappa shape index (κ1) is 23.3. The Morgan fingerprint density at radius 3 is 2.62 bits per heavy atom. The molecule has 2 amide bonds. The third-order valence-electron chi connectivity index (χ3n) is 5.57. The number of carbonyl (C=O) groups is 2. The predicted octanol–water partition coefficient (Wildman–Crippen LogP) is 4.60. The van der Waals surface area contributed by atoms with Crippen LogP contribution in [-0.4, -0.2) is 34.6 Å². The van der Waals surface area contributed by atoms with Crippen LogP contribution in [0.1, 0.15) is 46.1 Å². The van der Waals surface area contributed by atoms with Crippen molar-refractivity contribution in [2.75, 3.05) is 6.54 Å². The summed E-state index contributed by atoms with van der Waals surface area (Å²) in [5, 5.41) is 2.75. The molecule has 9 heteroatoms. The molecule has 2 unspecified atom stereocenters. The highest BCUT2D eigenvalue weighted by molar-refractivity contribution is 6.04. The van der Waals surface area contributed by atoms with Crippen LogP contribution in [0.5, 0.6) is 5.75 Å². The molecule has 34 heavy (non-hydrogen) atoms. The van der Waals surface area contributed by atoms with E-state index in [1.54, 1.807) is 42.6 Å². The van der Waals surface area contributed by atoms with Crippen LogP contribution < -0.4 is 10.1 Å². The van der Waals surface area contributed by atoms with Gasteiger partial charge in [-0.1, -0.05) is 43.3 Å². The molecule has 176 valence electrons. The monoisotopic (exact) mass is 469 g/mol. The topological polar surface area (TPSA) is 71.5 Å². The number of nitrogens with one attached hydrogen (secondary N) is 1. The lowest BCUT2D eigenvalue weighted by Crippen LogP contribution is -2.40. The van der Waals surface area contributed by atoms with Crippen molar-refractivity contribution in [3.63, 3.8) is 0 Å². The first-order chi connectivity index (χ1) is 16.2. The number of hydrogen-bond acceptors (Lipinski definition) is 4. The van der Waals surface area contributed by atoms with E-state index in [0.29, 0.717) is 16.7 Å². The summed E-state index contributed by atoms with van der Waals surface area (Å²) in [6.45, 7) is 2.18. The summed E-state index contributed by atoms with van der Waals surface area (Å²) in [5.74, 6) is -1.16. The van der Waals surface area contributed by atoms with Gasteiger partial charge >= 0.3 is 6.36 Å². The molecule has 0 fully saturated rings. The van der Waals surface area contributed by atoms with E-state index >= 15 is 0 Å². The van der Waals surface area contributed by atoms with E-state index in [1.807, 2.05) is 19.1 Å². The number of pyridine rings is 1. The molecule has 0 bridgehead atoms. The highest BCUT2D eigenvalue weighted by Crippen LogP contribution is 2.35. The molecule has 3 aromatic rings. The minimum atomic E-state index is -4.80. The maximum atomic E-state index is 13.2. The number of benzene rings is 2. The zero-order chi connectivity index (χ0) is 24.3. The highest BCUT2D eigenvalue weighted by atomic mass is 19.4. The van der Waals surface area contributed by atoms with Crippen molar-refractivity contribution in [3.8, 4) is 5.75 Å². The molecule has 2 heterocycles. The van der Waals surface area contributed by atoms with E-state index < -0.39 is 18.3 Å². The standard InChI is InChI=1S/C25H22F3N3O3/c1-16(21-11-4-5-12-29-21)15-31-22(19-9-2-3-10-20(19)24(31)33)23(32)30-14-17-7-6-8-18(13-17)34-25(26,27)28/h2-13,16,22H,14-15H2,1H3,(H,30,32). The van der Waals surface area contributed by atoms with Gasteiger partial charge in [-0.15, -0.1) is 13.2 Å². The Labute approximate surface area is 194 Å². The van der Waals surface area contributed by atoms with Crippen molar-refractivity contribution in [3.05, 3.63) is 95.3 Å². The van der Waals surface area contributed by atoms with Gasteiger partial charge in [-0.2, -0.15) is 0 Å².